The summed E-state index contributed by atoms with van der Waals surface area (Å²) >= 11 is 0. The summed E-state index contributed by atoms with van der Waals surface area (Å²) in [6.07, 6.45) is 4.39. The lowest BCUT2D eigenvalue weighted by Gasteiger charge is -2.32. The second kappa shape index (κ2) is 8.28. The molecule has 0 radical (unpaired) electrons. The third-order valence-electron chi connectivity index (χ3n) is 5.10. The first kappa shape index (κ1) is 19.0. The fraction of sp³-hybridized carbons (Fsp3) is 0.722. The van der Waals surface area contributed by atoms with Crippen LogP contribution in [0.1, 0.15) is 41.7 Å². The van der Waals surface area contributed by atoms with E-state index in [-0.39, 0.29) is 6.61 Å². The monoisotopic (exact) mass is 361 g/mol. The van der Waals surface area contributed by atoms with E-state index < -0.39 is 0 Å². The van der Waals surface area contributed by atoms with Gasteiger partial charge in [0.1, 0.15) is 11.6 Å². The van der Waals surface area contributed by atoms with Crippen molar-refractivity contribution in [1.82, 2.24) is 34.3 Å². The average molecular weight is 361 g/mol. The number of aliphatic hydroxyl groups is 1. The molecule has 1 fully saturated rings. The van der Waals surface area contributed by atoms with Gasteiger partial charge in [-0.1, -0.05) is 0 Å². The Morgan fingerprint density at radius 2 is 2.12 bits per heavy atom. The number of likely N-dealkylation sites (tertiary alicyclic amines) is 1. The molecule has 1 atom stereocenters. The maximum atomic E-state index is 9.10. The summed E-state index contributed by atoms with van der Waals surface area (Å²) in [5.41, 5.74) is 2.29. The summed E-state index contributed by atoms with van der Waals surface area (Å²) in [5, 5.41) is 22.5. The molecule has 1 saturated heterocycles. The van der Waals surface area contributed by atoms with Gasteiger partial charge in [-0.2, -0.15) is 5.10 Å². The minimum atomic E-state index is 0.119. The molecule has 8 nitrogen and oxygen atoms in total. The van der Waals surface area contributed by atoms with E-state index in [0.717, 1.165) is 49.9 Å². The van der Waals surface area contributed by atoms with E-state index in [0.29, 0.717) is 12.5 Å². The molecule has 0 amide bonds. The third-order valence-corrected chi connectivity index (χ3v) is 5.10. The maximum absolute atomic E-state index is 9.10. The van der Waals surface area contributed by atoms with Crippen LogP contribution in [0.25, 0.3) is 0 Å². The van der Waals surface area contributed by atoms with E-state index in [2.05, 4.69) is 57.0 Å². The highest BCUT2D eigenvalue weighted by molar-refractivity contribution is 5.16. The van der Waals surface area contributed by atoms with Gasteiger partial charge in [-0.15, -0.1) is 10.2 Å². The first-order valence-corrected chi connectivity index (χ1v) is 9.37. The van der Waals surface area contributed by atoms with Crippen molar-refractivity contribution in [3.05, 3.63) is 29.1 Å². The first-order chi connectivity index (χ1) is 12.5. The summed E-state index contributed by atoms with van der Waals surface area (Å²) < 4.78 is 4.00. The zero-order valence-electron chi connectivity index (χ0n) is 16.4. The second-order valence-corrected chi connectivity index (χ2v) is 7.57. The minimum absolute atomic E-state index is 0.119. The quantitative estimate of drug-likeness (QED) is 0.785. The van der Waals surface area contributed by atoms with Crippen LogP contribution < -0.4 is 0 Å². The lowest BCUT2D eigenvalue weighted by Crippen LogP contribution is -2.35. The van der Waals surface area contributed by atoms with Crippen LogP contribution in [0.4, 0.5) is 0 Å². The fourth-order valence-corrected chi connectivity index (χ4v) is 3.73. The highest BCUT2D eigenvalue weighted by Crippen LogP contribution is 2.27. The SMILES string of the molecule is Cc1nn(CCO)cc1CN1CCC[C@H](c2nnc(CN(C)C)n2C)C1. The molecule has 1 N–H and O–H groups in total. The van der Waals surface area contributed by atoms with Crippen molar-refractivity contribution < 1.29 is 5.11 Å². The number of nitrogens with zero attached hydrogens (tertiary/aromatic N) is 7. The van der Waals surface area contributed by atoms with Crippen molar-refractivity contribution in [1.29, 1.82) is 0 Å². The lowest BCUT2D eigenvalue weighted by atomic mass is 9.96. The van der Waals surface area contributed by atoms with Crippen LogP contribution in [-0.2, 0) is 26.7 Å². The van der Waals surface area contributed by atoms with Crippen LogP contribution in [-0.4, -0.2) is 73.2 Å². The molecule has 1 aliphatic rings. The van der Waals surface area contributed by atoms with Crippen molar-refractivity contribution >= 4 is 0 Å². The molecule has 0 bridgehead atoms. The summed E-state index contributed by atoms with van der Waals surface area (Å²) in [4.78, 5) is 4.61. The number of hydrogen-bond acceptors (Lipinski definition) is 6. The van der Waals surface area contributed by atoms with Gasteiger partial charge in [0.15, 0.2) is 0 Å². The van der Waals surface area contributed by atoms with Gasteiger partial charge in [-0.25, -0.2) is 0 Å². The number of piperidine rings is 1. The van der Waals surface area contributed by atoms with Crippen LogP contribution in [0.3, 0.4) is 0 Å². The van der Waals surface area contributed by atoms with Crippen molar-refractivity contribution in [3.8, 4) is 0 Å². The Labute approximate surface area is 155 Å². The molecular formula is C18H31N7O. The molecule has 0 unspecified atom stereocenters. The highest BCUT2D eigenvalue weighted by atomic mass is 16.3. The summed E-state index contributed by atoms with van der Waals surface area (Å²) in [7, 11) is 6.18. The largest absolute Gasteiger partial charge is 0.394 e. The number of hydrogen-bond donors (Lipinski definition) is 1. The normalized spacial score (nSPS) is 18.8. The molecule has 0 aliphatic carbocycles. The van der Waals surface area contributed by atoms with Gasteiger partial charge in [0.25, 0.3) is 0 Å². The highest BCUT2D eigenvalue weighted by Gasteiger charge is 2.26. The minimum Gasteiger partial charge on any atom is -0.394 e. The van der Waals surface area contributed by atoms with Gasteiger partial charge < -0.3 is 14.6 Å². The van der Waals surface area contributed by atoms with Crippen molar-refractivity contribution in [2.45, 2.75) is 45.3 Å². The van der Waals surface area contributed by atoms with Crippen molar-refractivity contribution in [2.24, 2.45) is 7.05 Å². The smallest absolute Gasteiger partial charge is 0.146 e. The Hall–Kier alpha value is -1.77. The third kappa shape index (κ3) is 4.31. The maximum Gasteiger partial charge on any atom is 0.146 e. The molecule has 0 aromatic carbocycles. The number of aryl methyl sites for hydroxylation is 1. The van der Waals surface area contributed by atoms with Gasteiger partial charge in [0, 0.05) is 37.8 Å². The zero-order valence-corrected chi connectivity index (χ0v) is 16.4. The van der Waals surface area contributed by atoms with E-state index in [1.54, 1.807) is 0 Å². The predicted octanol–water partition coefficient (Wildman–Crippen LogP) is 0.754. The van der Waals surface area contributed by atoms with E-state index in [1.165, 1.54) is 12.0 Å². The number of rotatable bonds is 7. The van der Waals surface area contributed by atoms with Crippen molar-refractivity contribution in [2.75, 3.05) is 33.8 Å². The van der Waals surface area contributed by atoms with Gasteiger partial charge in [-0.05, 0) is 40.4 Å². The van der Waals surface area contributed by atoms with E-state index in [4.69, 9.17) is 5.11 Å². The Kier molecular flexibility index (Phi) is 6.05. The molecule has 3 rings (SSSR count). The zero-order chi connectivity index (χ0) is 18.7. The molecule has 26 heavy (non-hydrogen) atoms. The van der Waals surface area contributed by atoms with Gasteiger partial charge >= 0.3 is 0 Å². The molecule has 2 aromatic heterocycles. The standard InChI is InChI=1S/C18H31N7O/c1-14-16(12-25(21-14)8-9-26)11-24-7-5-6-15(10-24)18-20-19-17(23(18)4)13-22(2)3/h12,15,26H,5-11,13H2,1-4H3/t15-/m0/s1. The van der Waals surface area contributed by atoms with Crippen LogP contribution in [0.5, 0.6) is 0 Å². The lowest BCUT2D eigenvalue weighted by molar-refractivity contribution is 0.194. The Bertz CT molecular complexity index is 721. The second-order valence-electron chi connectivity index (χ2n) is 7.57. The van der Waals surface area contributed by atoms with E-state index in [9.17, 15) is 0 Å². The molecular weight excluding hydrogens is 330 g/mol. The Balaban J connectivity index is 1.67. The van der Waals surface area contributed by atoms with Gasteiger partial charge in [0.2, 0.25) is 0 Å². The van der Waals surface area contributed by atoms with Gasteiger partial charge in [-0.3, -0.25) is 9.58 Å². The topological polar surface area (TPSA) is 75.2 Å². The van der Waals surface area contributed by atoms with Crippen LogP contribution >= 0.6 is 0 Å². The molecule has 8 heteroatoms. The molecule has 2 aromatic rings. The van der Waals surface area contributed by atoms with E-state index in [1.807, 2.05) is 11.6 Å². The first-order valence-electron chi connectivity index (χ1n) is 9.37. The number of aliphatic hydroxyl groups excluding tert-OH is 1. The Morgan fingerprint density at radius 1 is 1.31 bits per heavy atom. The Morgan fingerprint density at radius 3 is 2.85 bits per heavy atom. The van der Waals surface area contributed by atoms with Crippen LogP contribution in [0.15, 0.2) is 6.20 Å². The summed E-state index contributed by atoms with van der Waals surface area (Å²) in [6, 6.07) is 0. The molecule has 0 spiro atoms. The summed E-state index contributed by atoms with van der Waals surface area (Å²) in [6.45, 7) is 6.52. The van der Waals surface area contributed by atoms with Crippen LogP contribution in [0, 0.1) is 6.92 Å². The average Bonchev–Trinajstić information content (AvgIpc) is 3.11. The summed E-state index contributed by atoms with van der Waals surface area (Å²) in [5.74, 6) is 2.53. The molecule has 1 aliphatic heterocycles. The molecule has 144 valence electrons. The molecule has 0 saturated carbocycles. The van der Waals surface area contributed by atoms with Crippen LogP contribution in [0.2, 0.25) is 0 Å². The fourth-order valence-electron chi connectivity index (χ4n) is 3.73. The van der Waals surface area contributed by atoms with Gasteiger partial charge in [0.05, 0.1) is 25.4 Å². The predicted molar refractivity (Wildman–Crippen MR) is 99.7 cm³/mol. The number of aromatic nitrogens is 5. The van der Waals surface area contributed by atoms with E-state index >= 15 is 0 Å². The molecule has 3 heterocycles. The van der Waals surface area contributed by atoms with Crippen molar-refractivity contribution in [3.63, 3.8) is 0 Å².